The van der Waals surface area contributed by atoms with Crippen LogP contribution in [0.1, 0.15) is 23.7 Å². The maximum atomic E-state index is 12.7. The van der Waals surface area contributed by atoms with Gasteiger partial charge in [-0.1, -0.05) is 6.92 Å². The Hall–Kier alpha value is -1.07. The van der Waals surface area contributed by atoms with Gasteiger partial charge in [-0.3, -0.25) is 9.69 Å². The van der Waals surface area contributed by atoms with Gasteiger partial charge in [0.15, 0.2) is 0 Å². The van der Waals surface area contributed by atoms with Crippen LogP contribution in [0.5, 0.6) is 5.75 Å². The Kier molecular flexibility index (Phi) is 5.05. The maximum absolute atomic E-state index is 12.7. The number of methoxy groups -OCH3 is 1. The Morgan fingerprint density at radius 1 is 1.45 bits per heavy atom. The number of benzene rings is 1. The summed E-state index contributed by atoms with van der Waals surface area (Å²) in [5.41, 5.74) is 0.670. The molecule has 1 fully saturated rings. The summed E-state index contributed by atoms with van der Waals surface area (Å²) in [6.07, 6.45) is 1.06. The van der Waals surface area contributed by atoms with Gasteiger partial charge in [0.2, 0.25) is 0 Å². The molecule has 1 aliphatic rings. The minimum Gasteiger partial charge on any atom is -0.497 e. The number of hydrogen-bond donors (Lipinski definition) is 0. The number of nitrogens with zero attached hydrogens (tertiary/aromatic N) is 2. The molecule has 0 aliphatic carbocycles. The monoisotopic (exact) mass is 340 g/mol. The van der Waals surface area contributed by atoms with Crippen molar-refractivity contribution in [3.63, 3.8) is 0 Å². The van der Waals surface area contributed by atoms with E-state index in [1.807, 2.05) is 17.0 Å². The highest BCUT2D eigenvalue weighted by atomic mass is 79.9. The fraction of sp³-hybridized carbons (Fsp3) is 0.533. The van der Waals surface area contributed by atoms with Crippen molar-refractivity contribution >= 4 is 21.8 Å². The largest absolute Gasteiger partial charge is 0.497 e. The van der Waals surface area contributed by atoms with Gasteiger partial charge in [-0.2, -0.15) is 0 Å². The highest BCUT2D eigenvalue weighted by molar-refractivity contribution is 9.10. The van der Waals surface area contributed by atoms with Crippen molar-refractivity contribution in [1.82, 2.24) is 9.80 Å². The molecule has 1 atom stereocenters. The molecule has 0 N–H and O–H groups in total. The lowest BCUT2D eigenvalue weighted by atomic mass is 10.1. The molecule has 20 heavy (non-hydrogen) atoms. The Balaban J connectivity index is 2.19. The number of carbonyl (C=O) groups excluding carboxylic acids is 1. The summed E-state index contributed by atoms with van der Waals surface area (Å²) in [6, 6.07) is 5.95. The first-order valence-electron chi connectivity index (χ1n) is 6.89. The molecule has 1 saturated heterocycles. The van der Waals surface area contributed by atoms with Crippen LogP contribution < -0.4 is 4.74 Å². The van der Waals surface area contributed by atoms with Crippen molar-refractivity contribution < 1.29 is 9.53 Å². The van der Waals surface area contributed by atoms with Crippen molar-refractivity contribution in [2.45, 2.75) is 19.4 Å². The topological polar surface area (TPSA) is 32.8 Å². The van der Waals surface area contributed by atoms with Gasteiger partial charge < -0.3 is 9.64 Å². The molecule has 1 amide bonds. The molecule has 1 aromatic rings. The quantitative estimate of drug-likeness (QED) is 0.847. The van der Waals surface area contributed by atoms with E-state index in [-0.39, 0.29) is 5.91 Å². The number of halogens is 1. The molecule has 4 nitrogen and oxygen atoms in total. The van der Waals surface area contributed by atoms with Crippen molar-refractivity contribution in [1.29, 1.82) is 0 Å². The van der Waals surface area contributed by atoms with E-state index in [1.165, 1.54) is 0 Å². The van der Waals surface area contributed by atoms with Gasteiger partial charge in [0.1, 0.15) is 5.75 Å². The summed E-state index contributed by atoms with van der Waals surface area (Å²) >= 11 is 3.46. The SMILES string of the molecule is CCC1CN(C(=O)c2cc(OC)ccc2Br)CCN1C. The minimum absolute atomic E-state index is 0.0716. The molecule has 1 aliphatic heterocycles. The van der Waals surface area contributed by atoms with E-state index in [4.69, 9.17) is 4.74 Å². The van der Waals surface area contributed by atoms with Crippen LogP contribution in [0, 0.1) is 0 Å². The molecule has 2 rings (SSSR count). The number of carbonyl (C=O) groups is 1. The van der Waals surface area contributed by atoms with Crippen LogP contribution in [0.3, 0.4) is 0 Å². The minimum atomic E-state index is 0.0716. The summed E-state index contributed by atoms with van der Waals surface area (Å²) in [7, 11) is 3.73. The van der Waals surface area contributed by atoms with Crippen LogP contribution in [0.25, 0.3) is 0 Å². The normalized spacial score (nSPS) is 20.0. The number of ether oxygens (including phenoxy) is 1. The number of piperazine rings is 1. The van der Waals surface area contributed by atoms with Gasteiger partial charge in [-0.05, 0) is 47.6 Å². The summed E-state index contributed by atoms with van der Waals surface area (Å²) in [4.78, 5) is 16.9. The smallest absolute Gasteiger partial charge is 0.255 e. The van der Waals surface area contributed by atoms with Crippen molar-refractivity contribution in [2.24, 2.45) is 0 Å². The maximum Gasteiger partial charge on any atom is 0.255 e. The van der Waals surface area contributed by atoms with Gasteiger partial charge in [0.25, 0.3) is 5.91 Å². The van der Waals surface area contributed by atoms with Crippen LogP contribution in [0.15, 0.2) is 22.7 Å². The summed E-state index contributed by atoms with van der Waals surface area (Å²) in [6.45, 7) is 4.65. The van der Waals surface area contributed by atoms with E-state index in [0.29, 0.717) is 17.4 Å². The van der Waals surface area contributed by atoms with Gasteiger partial charge >= 0.3 is 0 Å². The summed E-state index contributed by atoms with van der Waals surface area (Å²) in [5, 5.41) is 0. The lowest BCUT2D eigenvalue weighted by Gasteiger charge is -2.39. The Bertz CT molecular complexity index is 493. The third kappa shape index (κ3) is 3.15. The summed E-state index contributed by atoms with van der Waals surface area (Å²) < 4.78 is 6.02. The third-order valence-corrected chi connectivity index (χ3v) is 4.63. The van der Waals surface area contributed by atoms with Gasteiger partial charge in [0, 0.05) is 30.1 Å². The molecular weight excluding hydrogens is 320 g/mol. The first-order valence-corrected chi connectivity index (χ1v) is 7.69. The predicted octanol–water partition coefficient (Wildman–Crippen LogP) is 2.62. The van der Waals surface area contributed by atoms with E-state index in [0.717, 1.165) is 30.5 Å². The zero-order valence-electron chi connectivity index (χ0n) is 12.2. The molecule has 110 valence electrons. The van der Waals surface area contributed by atoms with Crippen LogP contribution in [-0.2, 0) is 0 Å². The average Bonchev–Trinajstić information content (AvgIpc) is 2.47. The molecule has 1 unspecified atom stereocenters. The van der Waals surface area contributed by atoms with E-state index < -0.39 is 0 Å². The number of likely N-dealkylation sites (N-methyl/N-ethyl adjacent to an activating group) is 1. The third-order valence-electron chi connectivity index (χ3n) is 3.94. The Morgan fingerprint density at radius 3 is 2.85 bits per heavy atom. The second kappa shape index (κ2) is 6.59. The van der Waals surface area contributed by atoms with Crippen molar-refractivity contribution in [3.8, 4) is 5.75 Å². The molecule has 0 spiro atoms. The second-order valence-electron chi connectivity index (χ2n) is 5.14. The number of amides is 1. The first-order chi connectivity index (χ1) is 9.56. The first kappa shape index (κ1) is 15.3. The zero-order valence-corrected chi connectivity index (χ0v) is 13.8. The zero-order chi connectivity index (χ0) is 14.7. The van der Waals surface area contributed by atoms with Crippen LogP contribution in [0.4, 0.5) is 0 Å². The van der Waals surface area contributed by atoms with E-state index in [2.05, 4.69) is 34.8 Å². The number of rotatable bonds is 3. The molecule has 0 radical (unpaired) electrons. The fourth-order valence-electron chi connectivity index (χ4n) is 2.54. The Labute approximate surface area is 128 Å². The molecular formula is C15H21BrN2O2. The van der Waals surface area contributed by atoms with Crippen LogP contribution in [0.2, 0.25) is 0 Å². The highest BCUT2D eigenvalue weighted by Gasteiger charge is 2.27. The van der Waals surface area contributed by atoms with Gasteiger partial charge in [0.05, 0.1) is 12.7 Å². The summed E-state index contributed by atoms with van der Waals surface area (Å²) in [5.74, 6) is 0.778. The standard InChI is InChI=1S/C15H21BrN2O2/c1-4-11-10-18(8-7-17(11)2)15(19)13-9-12(20-3)5-6-14(13)16/h5-6,9,11H,4,7-8,10H2,1-3H3. The highest BCUT2D eigenvalue weighted by Crippen LogP contribution is 2.25. The van der Waals surface area contributed by atoms with E-state index in [9.17, 15) is 4.79 Å². The second-order valence-corrected chi connectivity index (χ2v) is 5.99. The molecule has 0 aromatic heterocycles. The molecule has 0 saturated carbocycles. The molecule has 5 heteroatoms. The van der Waals surface area contributed by atoms with Crippen molar-refractivity contribution in [3.05, 3.63) is 28.2 Å². The van der Waals surface area contributed by atoms with Gasteiger partial charge in [-0.15, -0.1) is 0 Å². The van der Waals surface area contributed by atoms with E-state index >= 15 is 0 Å². The molecule has 1 heterocycles. The predicted molar refractivity (Wildman–Crippen MR) is 83.3 cm³/mol. The number of hydrogen-bond acceptors (Lipinski definition) is 3. The van der Waals surface area contributed by atoms with Gasteiger partial charge in [-0.25, -0.2) is 0 Å². The van der Waals surface area contributed by atoms with E-state index in [1.54, 1.807) is 13.2 Å². The van der Waals surface area contributed by atoms with Crippen LogP contribution >= 0.6 is 15.9 Å². The average molecular weight is 341 g/mol. The van der Waals surface area contributed by atoms with Crippen molar-refractivity contribution in [2.75, 3.05) is 33.8 Å². The Morgan fingerprint density at radius 2 is 2.20 bits per heavy atom. The fourth-order valence-corrected chi connectivity index (χ4v) is 2.95. The van der Waals surface area contributed by atoms with Crippen LogP contribution in [-0.4, -0.2) is 55.5 Å². The molecule has 1 aromatic carbocycles. The lowest BCUT2D eigenvalue weighted by molar-refractivity contribution is 0.0540. The lowest BCUT2D eigenvalue weighted by Crippen LogP contribution is -2.53. The molecule has 0 bridgehead atoms.